The van der Waals surface area contributed by atoms with Gasteiger partial charge in [0.15, 0.2) is 17.4 Å². The van der Waals surface area contributed by atoms with Crippen LogP contribution in [0, 0.1) is 0 Å². The van der Waals surface area contributed by atoms with Crippen molar-refractivity contribution in [2.75, 3.05) is 90.9 Å². The molecule has 19 nitrogen and oxygen atoms in total. The molecular formula is C58H120N8O11P2. The van der Waals surface area contributed by atoms with Gasteiger partial charge < -0.3 is 57.9 Å². The van der Waals surface area contributed by atoms with Crippen molar-refractivity contribution >= 4 is 32.8 Å². The highest BCUT2D eigenvalue weighted by molar-refractivity contribution is 7.58. The number of rotatable bonds is 42. The zero-order valence-electron chi connectivity index (χ0n) is 52.3. The number of unbranched alkanes of at least 4 members (excludes halogenated alkanes) is 12. The molecule has 3 heterocycles. The Morgan fingerprint density at radius 3 is 1.11 bits per heavy atom. The van der Waals surface area contributed by atoms with E-state index in [1.807, 2.05) is 0 Å². The summed E-state index contributed by atoms with van der Waals surface area (Å²) in [6.07, 6.45) is 28.0. The zero-order valence-corrected chi connectivity index (χ0v) is 54.1. The van der Waals surface area contributed by atoms with E-state index < -0.39 is 52.4 Å². The van der Waals surface area contributed by atoms with Crippen LogP contribution >= 0.6 is 15.6 Å². The molecule has 0 saturated carbocycles. The van der Waals surface area contributed by atoms with E-state index in [1.54, 1.807) is 0 Å². The first kappa shape index (κ1) is 77.2. The predicted octanol–water partition coefficient (Wildman–Crippen LogP) is 10.7. The standard InChI is InChI=1S/3C16H36N.C10H15N5O11P2/c3*1-5-9-13-17(14-10-6-2,15-11-7-3)16-12-8-4;11-10-13-7-4(8(18)14-10)12-2-15(7)9-6(17)5(16)3(25-9)1-24-28(22,23)26-27(19,20)21/h3*5-16H2,1-4H3;2-3,5-6,9,16-17H,1H2,(H,22,23)(H2,19,20,21)(H3,11,13,14,18)/q3*+1;/p-3/t;;;3-,5-,6-,9-/m...1/s1. The molecule has 1 saturated heterocycles. The number of aliphatic hydroxyl groups is 2. The summed E-state index contributed by atoms with van der Waals surface area (Å²) in [5, 5.41) is 20.2. The Labute approximate surface area is 480 Å². The molecule has 0 bridgehead atoms. The van der Waals surface area contributed by atoms with E-state index in [2.05, 4.69) is 107 Å². The van der Waals surface area contributed by atoms with Gasteiger partial charge in [-0.2, -0.15) is 4.98 Å². The van der Waals surface area contributed by atoms with Gasteiger partial charge in [-0.1, -0.05) is 160 Å². The second-order valence-electron chi connectivity index (χ2n) is 22.5. The summed E-state index contributed by atoms with van der Waals surface area (Å²) in [5.74, 6) is -0.253. The molecule has 21 heteroatoms. The second kappa shape index (κ2) is 43.8. The van der Waals surface area contributed by atoms with E-state index in [1.165, 1.54) is 246 Å². The molecule has 468 valence electrons. The number of H-pyrrole nitrogens is 1. The molecule has 5 atom stereocenters. The van der Waals surface area contributed by atoms with Crippen LogP contribution in [0.15, 0.2) is 11.1 Å². The maximum absolute atomic E-state index is 11.8. The number of fused-ring (bicyclic) bond motifs is 1. The minimum absolute atomic E-state index is 0.0875. The number of nitrogens with two attached hydrogens (primary N) is 1. The van der Waals surface area contributed by atoms with Crippen molar-refractivity contribution in [2.24, 2.45) is 0 Å². The maximum atomic E-state index is 11.8. The number of phosphoric acid groups is 2. The zero-order chi connectivity index (χ0) is 59.8. The van der Waals surface area contributed by atoms with Gasteiger partial charge in [0.2, 0.25) is 5.95 Å². The van der Waals surface area contributed by atoms with Crippen LogP contribution in [0.2, 0.25) is 0 Å². The Balaban J connectivity index is 0.00000106. The second-order valence-corrected chi connectivity index (χ2v) is 25.2. The minimum atomic E-state index is -5.88. The molecule has 79 heavy (non-hydrogen) atoms. The number of nitrogen functional groups attached to an aromatic ring is 1. The molecule has 1 fully saturated rings. The SMILES string of the molecule is CCCC[N+](CCCC)(CCCC)CCCC.CCCC[N+](CCCC)(CCCC)CCCC.CCCC[N+](CCCC)(CCCC)CCCC.Nc1nc2c(ncn2[C@@H]2O[C@H](COP(=O)([O-])OP(=O)([O-])[O-])[C@@H](O)[C@H]2O)c(=O)[nH]1. The van der Waals surface area contributed by atoms with E-state index in [4.69, 9.17) is 10.5 Å². The number of phosphoric ester groups is 1. The van der Waals surface area contributed by atoms with Crippen LogP contribution in [0.3, 0.4) is 0 Å². The number of nitrogens with one attached hydrogen (secondary N) is 1. The van der Waals surface area contributed by atoms with Crippen LogP contribution < -0.4 is 26.0 Å². The van der Waals surface area contributed by atoms with E-state index in [-0.39, 0.29) is 17.1 Å². The highest BCUT2D eigenvalue weighted by Crippen LogP contribution is 2.51. The fraction of sp³-hybridized carbons (Fsp3) is 0.914. The van der Waals surface area contributed by atoms with Crippen LogP contribution in [0.1, 0.15) is 243 Å². The van der Waals surface area contributed by atoms with E-state index >= 15 is 0 Å². The molecule has 1 unspecified atom stereocenters. The summed E-state index contributed by atoms with van der Waals surface area (Å²) in [7, 11) is -11.4. The number of imidazole rings is 1. The van der Waals surface area contributed by atoms with Crippen LogP contribution in [0.25, 0.3) is 11.2 Å². The number of aromatic amines is 1. The van der Waals surface area contributed by atoms with Crippen LogP contribution in [-0.2, 0) is 22.7 Å². The molecular weight excluding hydrogens is 1050 g/mol. The minimum Gasteiger partial charge on any atom is -0.790 e. The quantitative estimate of drug-likeness (QED) is 0.0356. The lowest BCUT2D eigenvalue weighted by atomic mass is 10.1. The third kappa shape index (κ3) is 31.6. The third-order valence-corrected chi connectivity index (χ3v) is 17.6. The van der Waals surface area contributed by atoms with E-state index in [0.29, 0.717) is 0 Å². The highest BCUT2D eigenvalue weighted by atomic mass is 31.3. The van der Waals surface area contributed by atoms with Gasteiger partial charge in [-0.3, -0.25) is 23.2 Å². The van der Waals surface area contributed by atoms with Crippen molar-refractivity contribution < 1.29 is 61.0 Å². The molecule has 2 aromatic heterocycles. The molecule has 0 aliphatic carbocycles. The fourth-order valence-electron chi connectivity index (χ4n) is 10.5. The van der Waals surface area contributed by atoms with Crippen molar-refractivity contribution in [3.63, 3.8) is 0 Å². The number of ether oxygens (including phenoxy) is 1. The first-order valence-corrected chi connectivity index (χ1v) is 34.5. The highest BCUT2D eigenvalue weighted by Gasteiger charge is 2.45. The molecule has 0 aromatic carbocycles. The molecule has 0 radical (unpaired) electrons. The Morgan fingerprint density at radius 1 is 0.557 bits per heavy atom. The van der Waals surface area contributed by atoms with Gasteiger partial charge in [0.25, 0.3) is 13.4 Å². The number of hydrogen-bond donors (Lipinski definition) is 4. The maximum Gasteiger partial charge on any atom is 0.280 e. The topological polar surface area (TPSA) is 261 Å². The lowest BCUT2D eigenvalue weighted by Crippen LogP contribution is -2.50. The molecule has 2 aromatic rings. The number of hydrogen-bond acceptors (Lipinski definition) is 14. The van der Waals surface area contributed by atoms with Crippen LogP contribution in [0.4, 0.5) is 5.95 Å². The average Bonchev–Trinajstić information content (AvgIpc) is 3.97. The van der Waals surface area contributed by atoms with Gasteiger partial charge in [-0.25, -0.2) is 4.98 Å². The van der Waals surface area contributed by atoms with Crippen LogP contribution in [-0.4, -0.2) is 147 Å². The van der Waals surface area contributed by atoms with Crippen molar-refractivity contribution in [3.8, 4) is 0 Å². The molecule has 3 rings (SSSR count). The number of anilines is 1. The van der Waals surface area contributed by atoms with Crippen molar-refractivity contribution in [2.45, 2.75) is 262 Å². The number of quaternary nitrogens is 3. The predicted molar refractivity (Wildman–Crippen MR) is 319 cm³/mol. The Hall–Kier alpha value is -1.83. The van der Waals surface area contributed by atoms with Gasteiger partial charge >= 0.3 is 0 Å². The van der Waals surface area contributed by atoms with Gasteiger partial charge in [-0.15, -0.1) is 0 Å². The van der Waals surface area contributed by atoms with Crippen molar-refractivity contribution in [1.29, 1.82) is 0 Å². The molecule has 5 N–H and O–H groups in total. The largest absolute Gasteiger partial charge is 0.790 e. The summed E-state index contributed by atoms with van der Waals surface area (Å²) >= 11 is 0. The summed E-state index contributed by atoms with van der Waals surface area (Å²) in [6.45, 7) is 44.1. The average molecular weight is 1170 g/mol. The molecule has 1 aliphatic rings. The fourth-order valence-corrected chi connectivity index (χ4v) is 12.0. The van der Waals surface area contributed by atoms with E-state index in [0.717, 1.165) is 10.9 Å². The Kier molecular flexibility index (Phi) is 42.7. The van der Waals surface area contributed by atoms with Gasteiger partial charge in [0.1, 0.15) is 18.3 Å². The first-order valence-electron chi connectivity index (χ1n) is 31.6. The molecule has 0 amide bonds. The lowest BCUT2D eigenvalue weighted by Gasteiger charge is -2.39. The van der Waals surface area contributed by atoms with Gasteiger partial charge in [0.05, 0.1) is 99.3 Å². The van der Waals surface area contributed by atoms with Crippen LogP contribution in [0.5, 0.6) is 0 Å². The molecule has 0 spiro atoms. The van der Waals surface area contributed by atoms with Gasteiger partial charge in [-0.05, 0) is 77.0 Å². The Morgan fingerprint density at radius 2 is 0.848 bits per heavy atom. The van der Waals surface area contributed by atoms with E-state index in [9.17, 15) is 38.8 Å². The summed E-state index contributed by atoms with van der Waals surface area (Å²) in [5.41, 5.74) is 4.56. The Bertz CT molecular complexity index is 1760. The smallest absolute Gasteiger partial charge is 0.280 e. The third-order valence-electron chi connectivity index (χ3n) is 15.5. The summed E-state index contributed by atoms with van der Waals surface area (Å²) in [4.78, 5) is 53.7. The summed E-state index contributed by atoms with van der Waals surface area (Å²) in [6, 6.07) is 0. The number of aliphatic hydroxyl groups excluding tert-OH is 2. The molecule has 1 aliphatic heterocycles. The van der Waals surface area contributed by atoms with Crippen molar-refractivity contribution in [3.05, 3.63) is 16.7 Å². The summed E-state index contributed by atoms with van der Waals surface area (Å²) < 4.78 is 39.8. The monoisotopic (exact) mass is 1170 g/mol. The first-order chi connectivity index (χ1) is 37.6. The number of aromatic nitrogens is 4. The number of nitrogens with zero attached hydrogens (tertiary/aromatic N) is 6. The van der Waals surface area contributed by atoms with Gasteiger partial charge in [0, 0.05) is 0 Å². The lowest BCUT2D eigenvalue weighted by molar-refractivity contribution is -0.929. The van der Waals surface area contributed by atoms with Crippen molar-refractivity contribution in [1.82, 2.24) is 19.5 Å². The normalized spacial score (nSPS) is 17.6.